The fraction of sp³-hybridized carbons (Fsp3) is 0.467. The van der Waals surface area contributed by atoms with Gasteiger partial charge in [0.2, 0.25) is 0 Å². The second kappa shape index (κ2) is 7.04. The summed E-state index contributed by atoms with van der Waals surface area (Å²) in [4.78, 5) is 14.3. The molecule has 1 saturated heterocycles. The van der Waals surface area contributed by atoms with Crippen LogP contribution in [0.4, 0.5) is 4.39 Å². The van der Waals surface area contributed by atoms with E-state index in [0.29, 0.717) is 6.54 Å². The van der Waals surface area contributed by atoms with Gasteiger partial charge < -0.3 is 10.1 Å². The van der Waals surface area contributed by atoms with Gasteiger partial charge in [0.1, 0.15) is 17.1 Å². The molecule has 1 aromatic carbocycles. The number of hydrogen-bond acceptors (Lipinski definition) is 4. The molecule has 112 valence electrons. The minimum Gasteiger partial charge on any atom is -0.496 e. The molecule has 1 N–H and O–H groups in total. The van der Waals surface area contributed by atoms with Crippen LogP contribution in [-0.2, 0) is 0 Å². The second-order valence-electron chi connectivity index (χ2n) is 5.00. The van der Waals surface area contributed by atoms with Crippen molar-refractivity contribution in [2.45, 2.75) is 18.9 Å². The third-order valence-electron chi connectivity index (χ3n) is 3.64. The summed E-state index contributed by atoms with van der Waals surface area (Å²) in [5.41, 5.74) is -0.0561. The number of halogens is 1. The second-order valence-corrected chi connectivity index (χ2v) is 5.00. The lowest BCUT2D eigenvalue weighted by Crippen LogP contribution is -2.44. The molecule has 1 aliphatic heterocycles. The number of carbonyl (C=O) groups is 1. The van der Waals surface area contributed by atoms with E-state index < -0.39 is 11.7 Å². The van der Waals surface area contributed by atoms with E-state index in [4.69, 9.17) is 10.00 Å². The Morgan fingerprint density at radius 1 is 1.52 bits per heavy atom. The summed E-state index contributed by atoms with van der Waals surface area (Å²) in [5.74, 6) is -0.813. The Balaban J connectivity index is 1.99. The SMILES string of the molecule is COc1cccc(F)c1C(=O)NC1CCN(CC#N)CC1. The van der Waals surface area contributed by atoms with Gasteiger partial charge in [-0.25, -0.2) is 4.39 Å². The predicted molar refractivity (Wildman–Crippen MR) is 75.5 cm³/mol. The minimum absolute atomic E-state index is 0.00300. The summed E-state index contributed by atoms with van der Waals surface area (Å²) in [7, 11) is 1.41. The maximum atomic E-state index is 13.8. The molecule has 21 heavy (non-hydrogen) atoms. The molecule has 0 radical (unpaired) electrons. The maximum Gasteiger partial charge on any atom is 0.258 e. The summed E-state index contributed by atoms with van der Waals surface area (Å²) in [5, 5.41) is 11.5. The Labute approximate surface area is 123 Å². The molecule has 1 heterocycles. The summed E-state index contributed by atoms with van der Waals surface area (Å²) >= 11 is 0. The van der Waals surface area contributed by atoms with Gasteiger partial charge in [-0.2, -0.15) is 5.26 Å². The van der Waals surface area contributed by atoms with Crippen molar-refractivity contribution >= 4 is 5.91 Å². The molecule has 1 fully saturated rings. The van der Waals surface area contributed by atoms with Gasteiger partial charge in [-0.15, -0.1) is 0 Å². The van der Waals surface area contributed by atoms with Crippen molar-refractivity contribution in [1.82, 2.24) is 10.2 Å². The van der Waals surface area contributed by atoms with Gasteiger partial charge in [0.05, 0.1) is 19.7 Å². The van der Waals surface area contributed by atoms with Crippen LogP contribution in [0.3, 0.4) is 0 Å². The number of amides is 1. The van der Waals surface area contributed by atoms with Crippen LogP contribution in [0.1, 0.15) is 23.2 Å². The third-order valence-corrected chi connectivity index (χ3v) is 3.64. The minimum atomic E-state index is -0.589. The summed E-state index contributed by atoms with van der Waals surface area (Å²) in [6.45, 7) is 1.92. The first-order chi connectivity index (χ1) is 10.2. The highest BCUT2D eigenvalue weighted by atomic mass is 19.1. The Morgan fingerprint density at radius 2 is 2.24 bits per heavy atom. The average Bonchev–Trinajstić information content (AvgIpc) is 2.49. The van der Waals surface area contributed by atoms with E-state index in [0.717, 1.165) is 25.9 Å². The van der Waals surface area contributed by atoms with Crippen molar-refractivity contribution in [2.24, 2.45) is 0 Å². The van der Waals surface area contributed by atoms with E-state index in [1.54, 1.807) is 6.07 Å². The molecule has 0 unspecified atom stereocenters. The van der Waals surface area contributed by atoms with Crippen molar-refractivity contribution in [3.8, 4) is 11.8 Å². The molecule has 0 atom stereocenters. The molecule has 2 rings (SSSR count). The van der Waals surface area contributed by atoms with E-state index in [2.05, 4.69) is 11.4 Å². The molecule has 1 amide bonds. The summed E-state index contributed by atoms with van der Waals surface area (Å²) < 4.78 is 18.9. The van der Waals surface area contributed by atoms with Gasteiger partial charge in [-0.3, -0.25) is 9.69 Å². The fourth-order valence-electron chi connectivity index (χ4n) is 2.49. The maximum absolute atomic E-state index is 13.8. The number of piperidine rings is 1. The lowest BCUT2D eigenvalue weighted by Gasteiger charge is -2.30. The van der Waals surface area contributed by atoms with Crippen LogP contribution >= 0.6 is 0 Å². The fourth-order valence-corrected chi connectivity index (χ4v) is 2.49. The number of ether oxygens (including phenoxy) is 1. The van der Waals surface area contributed by atoms with Crippen LogP contribution < -0.4 is 10.1 Å². The molecule has 0 aromatic heterocycles. The molecule has 0 saturated carbocycles. The van der Waals surface area contributed by atoms with Crippen LogP contribution in [0.25, 0.3) is 0 Å². The van der Waals surface area contributed by atoms with Crippen LogP contribution in [0.2, 0.25) is 0 Å². The van der Waals surface area contributed by atoms with Gasteiger partial charge in [-0.1, -0.05) is 6.07 Å². The van der Waals surface area contributed by atoms with Gasteiger partial charge in [0.15, 0.2) is 0 Å². The van der Waals surface area contributed by atoms with Crippen molar-refractivity contribution in [2.75, 3.05) is 26.7 Å². The Morgan fingerprint density at radius 3 is 2.86 bits per heavy atom. The number of carbonyl (C=O) groups excluding carboxylic acids is 1. The van der Waals surface area contributed by atoms with E-state index in [-0.39, 0.29) is 17.4 Å². The topological polar surface area (TPSA) is 65.4 Å². The largest absolute Gasteiger partial charge is 0.496 e. The van der Waals surface area contributed by atoms with E-state index in [1.165, 1.54) is 19.2 Å². The quantitative estimate of drug-likeness (QED) is 0.855. The highest BCUT2D eigenvalue weighted by Gasteiger charge is 2.24. The highest BCUT2D eigenvalue weighted by Crippen LogP contribution is 2.21. The number of nitrogens with one attached hydrogen (secondary N) is 1. The standard InChI is InChI=1S/C15H18FN3O2/c1-21-13-4-2-3-12(16)14(13)15(20)18-11-5-8-19(9-6-11)10-7-17/h2-4,11H,5-6,8-10H2,1H3,(H,18,20). The van der Waals surface area contributed by atoms with Crippen molar-refractivity contribution < 1.29 is 13.9 Å². The zero-order valence-electron chi connectivity index (χ0n) is 11.9. The van der Waals surface area contributed by atoms with Gasteiger partial charge in [0.25, 0.3) is 5.91 Å². The lowest BCUT2D eigenvalue weighted by atomic mass is 10.0. The summed E-state index contributed by atoms with van der Waals surface area (Å²) in [6.07, 6.45) is 1.51. The molecule has 1 aliphatic rings. The van der Waals surface area contributed by atoms with Gasteiger partial charge in [-0.05, 0) is 25.0 Å². The summed E-state index contributed by atoms with van der Waals surface area (Å²) in [6, 6.07) is 6.42. The smallest absolute Gasteiger partial charge is 0.258 e. The van der Waals surface area contributed by atoms with E-state index in [9.17, 15) is 9.18 Å². The van der Waals surface area contributed by atoms with Crippen molar-refractivity contribution in [3.63, 3.8) is 0 Å². The number of hydrogen-bond donors (Lipinski definition) is 1. The van der Waals surface area contributed by atoms with Crippen LogP contribution in [0.15, 0.2) is 18.2 Å². The molecule has 5 nitrogen and oxygen atoms in total. The number of methoxy groups -OCH3 is 1. The first kappa shape index (κ1) is 15.3. The first-order valence-electron chi connectivity index (χ1n) is 6.88. The van der Waals surface area contributed by atoms with Crippen molar-refractivity contribution in [3.05, 3.63) is 29.6 Å². The molecule has 0 bridgehead atoms. The van der Waals surface area contributed by atoms with Crippen LogP contribution in [0.5, 0.6) is 5.75 Å². The van der Waals surface area contributed by atoms with Gasteiger partial charge in [0, 0.05) is 19.1 Å². The molecular weight excluding hydrogens is 273 g/mol. The highest BCUT2D eigenvalue weighted by molar-refractivity contribution is 5.97. The van der Waals surface area contributed by atoms with Gasteiger partial charge >= 0.3 is 0 Å². The zero-order valence-corrected chi connectivity index (χ0v) is 11.9. The number of nitriles is 1. The Kier molecular flexibility index (Phi) is 5.12. The van der Waals surface area contributed by atoms with Crippen LogP contribution in [-0.4, -0.2) is 43.6 Å². The number of likely N-dealkylation sites (tertiary alicyclic amines) is 1. The lowest BCUT2D eigenvalue weighted by molar-refractivity contribution is 0.0907. The van der Waals surface area contributed by atoms with Crippen LogP contribution in [0, 0.1) is 17.1 Å². The molecule has 6 heteroatoms. The molecular formula is C15H18FN3O2. The normalized spacial score (nSPS) is 16.2. The average molecular weight is 291 g/mol. The van der Waals surface area contributed by atoms with E-state index >= 15 is 0 Å². The number of rotatable bonds is 4. The third kappa shape index (κ3) is 3.70. The Hall–Kier alpha value is -2.13. The zero-order chi connectivity index (χ0) is 15.2. The molecule has 0 spiro atoms. The number of benzene rings is 1. The predicted octanol–water partition coefficient (Wildman–Crippen LogP) is 1.55. The van der Waals surface area contributed by atoms with Crippen molar-refractivity contribution in [1.29, 1.82) is 5.26 Å². The molecule has 1 aromatic rings. The molecule has 0 aliphatic carbocycles. The first-order valence-corrected chi connectivity index (χ1v) is 6.88. The Bertz CT molecular complexity index is 548. The monoisotopic (exact) mass is 291 g/mol. The van der Waals surface area contributed by atoms with E-state index in [1.807, 2.05) is 4.90 Å². The number of nitrogens with zero attached hydrogens (tertiary/aromatic N) is 2.